The van der Waals surface area contributed by atoms with Crippen molar-refractivity contribution in [2.75, 3.05) is 17.7 Å². The minimum absolute atomic E-state index is 0.626. The number of aromatic nitrogens is 2. The van der Waals surface area contributed by atoms with Crippen LogP contribution < -0.4 is 5.32 Å². The minimum atomic E-state index is 0.626. The molecular weight excluding hydrogens is 234 g/mol. The maximum atomic E-state index is 5.80. The van der Waals surface area contributed by atoms with Crippen molar-refractivity contribution >= 4 is 17.4 Å². The van der Waals surface area contributed by atoms with Gasteiger partial charge in [0.05, 0.1) is 17.6 Å². The van der Waals surface area contributed by atoms with E-state index in [1.165, 1.54) is 12.8 Å². The fourth-order valence-corrected chi connectivity index (χ4v) is 2.10. The molecule has 3 nitrogen and oxygen atoms in total. The summed E-state index contributed by atoms with van der Waals surface area (Å²) >= 11 is 5.80. The van der Waals surface area contributed by atoms with Crippen LogP contribution in [0.2, 0.25) is 0 Å². The van der Waals surface area contributed by atoms with Gasteiger partial charge in [-0.25, -0.2) is 4.98 Å². The third-order valence-electron chi connectivity index (χ3n) is 2.98. The fourth-order valence-electron chi connectivity index (χ4n) is 1.79. The van der Waals surface area contributed by atoms with E-state index in [9.17, 15) is 0 Å². The van der Waals surface area contributed by atoms with Gasteiger partial charge in [0.1, 0.15) is 5.82 Å². The normalized spacial score (nSPS) is 12.5. The summed E-state index contributed by atoms with van der Waals surface area (Å²) in [5, 5.41) is 3.35. The van der Waals surface area contributed by atoms with Gasteiger partial charge in [-0.15, -0.1) is 11.6 Å². The van der Waals surface area contributed by atoms with Gasteiger partial charge in [0.25, 0.3) is 0 Å². The Morgan fingerprint density at radius 3 is 2.65 bits per heavy atom. The second-order valence-electron chi connectivity index (χ2n) is 4.44. The highest BCUT2D eigenvalue weighted by molar-refractivity contribution is 6.17. The summed E-state index contributed by atoms with van der Waals surface area (Å²) in [6.45, 7) is 7.09. The van der Waals surface area contributed by atoms with Crippen molar-refractivity contribution in [3.63, 3.8) is 0 Å². The molecule has 17 heavy (non-hydrogen) atoms. The maximum Gasteiger partial charge on any atom is 0.144 e. The number of hydrogen-bond acceptors (Lipinski definition) is 3. The molecule has 1 rings (SSSR count). The Morgan fingerprint density at radius 2 is 2.06 bits per heavy atom. The lowest BCUT2D eigenvalue weighted by atomic mass is 10.0. The lowest BCUT2D eigenvalue weighted by molar-refractivity contribution is 0.489. The van der Waals surface area contributed by atoms with E-state index in [1.807, 2.05) is 13.8 Å². The molecule has 4 heteroatoms. The monoisotopic (exact) mass is 255 g/mol. The summed E-state index contributed by atoms with van der Waals surface area (Å²) in [4.78, 5) is 8.76. The Balaban J connectivity index is 2.49. The molecule has 0 fully saturated rings. The van der Waals surface area contributed by atoms with Crippen LogP contribution in [0, 0.1) is 19.8 Å². The zero-order valence-corrected chi connectivity index (χ0v) is 11.7. The van der Waals surface area contributed by atoms with E-state index in [2.05, 4.69) is 22.2 Å². The zero-order chi connectivity index (χ0) is 12.7. The van der Waals surface area contributed by atoms with Crippen molar-refractivity contribution in [3.05, 3.63) is 17.6 Å². The average Bonchev–Trinajstić information content (AvgIpc) is 2.31. The summed E-state index contributed by atoms with van der Waals surface area (Å²) in [6, 6.07) is 0. The third-order valence-corrected chi connectivity index (χ3v) is 3.20. The van der Waals surface area contributed by atoms with Crippen molar-refractivity contribution in [1.82, 2.24) is 9.97 Å². The molecule has 1 atom stereocenters. The number of alkyl halides is 1. The molecule has 0 aliphatic rings. The van der Waals surface area contributed by atoms with Crippen molar-refractivity contribution in [2.45, 2.75) is 40.0 Å². The van der Waals surface area contributed by atoms with Crippen LogP contribution in [0.3, 0.4) is 0 Å². The van der Waals surface area contributed by atoms with Crippen LogP contribution in [0.5, 0.6) is 0 Å². The van der Waals surface area contributed by atoms with E-state index in [0.717, 1.165) is 36.1 Å². The second kappa shape index (κ2) is 7.49. The molecule has 0 saturated heterocycles. The highest BCUT2D eigenvalue weighted by Crippen LogP contribution is 2.14. The van der Waals surface area contributed by atoms with Crippen LogP contribution in [-0.2, 0) is 0 Å². The van der Waals surface area contributed by atoms with Crippen LogP contribution >= 0.6 is 11.6 Å². The molecule has 1 aromatic heterocycles. The Kier molecular flexibility index (Phi) is 6.27. The number of nitrogens with one attached hydrogen (secondary N) is 1. The van der Waals surface area contributed by atoms with E-state index in [0.29, 0.717) is 5.92 Å². The Morgan fingerprint density at radius 1 is 1.29 bits per heavy atom. The van der Waals surface area contributed by atoms with E-state index >= 15 is 0 Å². The molecule has 96 valence electrons. The van der Waals surface area contributed by atoms with E-state index in [1.54, 1.807) is 6.20 Å². The van der Waals surface area contributed by atoms with Gasteiger partial charge in [-0.05, 0) is 32.6 Å². The molecule has 0 amide bonds. The lowest BCUT2D eigenvalue weighted by Gasteiger charge is -2.16. The first kappa shape index (κ1) is 14.2. The second-order valence-corrected chi connectivity index (χ2v) is 4.82. The standard InChI is InChI=1S/C13H22ClN3/c1-4-5-12(6-7-14)8-16-13-9-15-10(2)11(3)17-13/h9,12H,4-8H2,1-3H3,(H,16,17). The molecule has 1 heterocycles. The molecule has 1 aromatic rings. The highest BCUT2D eigenvalue weighted by Gasteiger charge is 2.07. The van der Waals surface area contributed by atoms with Crippen molar-refractivity contribution in [1.29, 1.82) is 0 Å². The van der Waals surface area contributed by atoms with Gasteiger partial charge in [0, 0.05) is 12.4 Å². The van der Waals surface area contributed by atoms with E-state index < -0.39 is 0 Å². The van der Waals surface area contributed by atoms with Crippen molar-refractivity contribution < 1.29 is 0 Å². The van der Waals surface area contributed by atoms with Crippen LogP contribution in [-0.4, -0.2) is 22.4 Å². The van der Waals surface area contributed by atoms with Gasteiger partial charge in [-0.2, -0.15) is 0 Å². The largest absolute Gasteiger partial charge is 0.369 e. The SMILES string of the molecule is CCCC(CCCl)CNc1cnc(C)c(C)n1. The first-order valence-electron chi connectivity index (χ1n) is 6.27. The van der Waals surface area contributed by atoms with Gasteiger partial charge >= 0.3 is 0 Å². The Hall–Kier alpha value is -0.830. The summed E-state index contributed by atoms with van der Waals surface area (Å²) < 4.78 is 0. The first-order chi connectivity index (χ1) is 8.17. The van der Waals surface area contributed by atoms with Crippen molar-refractivity contribution in [3.8, 4) is 0 Å². The van der Waals surface area contributed by atoms with Crippen LogP contribution in [0.25, 0.3) is 0 Å². The van der Waals surface area contributed by atoms with Gasteiger partial charge in [-0.1, -0.05) is 13.3 Å². The lowest BCUT2D eigenvalue weighted by Crippen LogP contribution is -2.16. The molecule has 0 aromatic carbocycles. The third kappa shape index (κ3) is 4.90. The number of nitrogens with zero attached hydrogens (tertiary/aromatic N) is 2. The molecule has 0 saturated carbocycles. The molecule has 0 bridgehead atoms. The summed E-state index contributed by atoms with van der Waals surface area (Å²) in [5.74, 6) is 2.22. The molecule has 0 aliphatic carbocycles. The number of anilines is 1. The number of rotatable bonds is 7. The maximum absolute atomic E-state index is 5.80. The Labute approximate surface area is 109 Å². The number of aryl methyl sites for hydroxylation is 2. The number of halogens is 1. The topological polar surface area (TPSA) is 37.8 Å². The van der Waals surface area contributed by atoms with E-state index in [4.69, 9.17) is 11.6 Å². The molecular formula is C13H22ClN3. The smallest absolute Gasteiger partial charge is 0.144 e. The number of hydrogen-bond donors (Lipinski definition) is 1. The molecule has 1 unspecified atom stereocenters. The van der Waals surface area contributed by atoms with Gasteiger partial charge < -0.3 is 5.32 Å². The summed E-state index contributed by atoms with van der Waals surface area (Å²) in [5.41, 5.74) is 1.97. The average molecular weight is 256 g/mol. The molecule has 1 N–H and O–H groups in total. The zero-order valence-electron chi connectivity index (χ0n) is 11.0. The first-order valence-corrected chi connectivity index (χ1v) is 6.80. The van der Waals surface area contributed by atoms with Gasteiger partial charge in [0.15, 0.2) is 0 Å². The molecule has 0 spiro atoms. The fraction of sp³-hybridized carbons (Fsp3) is 0.692. The van der Waals surface area contributed by atoms with Crippen LogP contribution in [0.1, 0.15) is 37.6 Å². The molecule has 0 radical (unpaired) electrons. The van der Waals surface area contributed by atoms with Gasteiger partial charge in [0.2, 0.25) is 0 Å². The predicted octanol–water partition coefficient (Wildman–Crippen LogP) is 3.55. The summed E-state index contributed by atoms with van der Waals surface area (Å²) in [7, 11) is 0. The molecule has 0 aliphatic heterocycles. The van der Waals surface area contributed by atoms with E-state index in [-0.39, 0.29) is 0 Å². The van der Waals surface area contributed by atoms with Crippen LogP contribution in [0.4, 0.5) is 5.82 Å². The highest BCUT2D eigenvalue weighted by atomic mass is 35.5. The Bertz CT molecular complexity index is 335. The van der Waals surface area contributed by atoms with Crippen LogP contribution in [0.15, 0.2) is 6.20 Å². The predicted molar refractivity (Wildman–Crippen MR) is 73.7 cm³/mol. The van der Waals surface area contributed by atoms with Gasteiger partial charge in [-0.3, -0.25) is 4.98 Å². The minimum Gasteiger partial charge on any atom is -0.369 e. The van der Waals surface area contributed by atoms with Crippen molar-refractivity contribution in [2.24, 2.45) is 5.92 Å². The summed E-state index contributed by atoms with van der Waals surface area (Å²) in [6.07, 6.45) is 5.26. The quantitative estimate of drug-likeness (QED) is 0.758.